The number of aromatic nitrogens is 2. The highest BCUT2D eigenvalue weighted by Crippen LogP contribution is 2.09. The molecule has 0 aliphatic heterocycles. The molecule has 2 aromatic rings. The van der Waals surface area contributed by atoms with E-state index in [0.29, 0.717) is 11.3 Å². The summed E-state index contributed by atoms with van der Waals surface area (Å²) in [6.45, 7) is 0.388. The average molecular weight is 252 g/mol. The van der Waals surface area contributed by atoms with Gasteiger partial charge < -0.3 is 22.4 Å². The van der Waals surface area contributed by atoms with Crippen LogP contribution in [0.15, 0.2) is 21.8 Å². The van der Waals surface area contributed by atoms with Gasteiger partial charge in [-0.1, -0.05) is 0 Å². The van der Waals surface area contributed by atoms with Crippen molar-refractivity contribution >= 4 is 28.8 Å². The van der Waals surface area contributed by atoms with E-state index in [-0.39, 0.29) is 22.9 Å². The Hall–Kier alpha value is -2.22. The lowest BCUT2D eigenvalue weighted by molar-refractivity contribution is 0.178. The summed E-state index contributed by atoms with van der Waals surface area (Å²) >= 11 is 1.57. The number of rotatable bonds is 2. The van der Waals surface area contributed by atoms with Crippen LogP contribution in [-0.4, -0.2) is 14.9 Å². The summed E-state index contributed by atoms with van der Waals surface area (Å²) in [4.78, 5) is 7.94. The van der Waals surface area contributed by atoms with E-state index in [9.17, 15) is 5.21 Å². The van der Waals surface area contributed by atoms with E-state index in [1.807, 2.05) is 16.8 Å². The third kappa shape index (κ3) is 2.16. The second kappa shape index (κ2) is 4.34. The Balaban J connectivity index is 2.45. The first-order valence-electron chi connectivity index (χ1n) is 4.74. The van der Waals surface area contributed by atoms with E-state index >= 15 is 0 Å². The molecule has 2 aromatic heterocycles. The molecule has 2 rings (SSSR count). The van der Waals surface area contributed by atoms with Crippen molar-refractivity contribution in [3.05, 3.63) is 27.9 Å². The van der Waals surface area contributed by atoms with Crippen molar-refractivity contribution in [3.8, 4) is 0 Å². The van der Waals surface area contributed by atoms with Crippen LogP contribution >= 0.6 is 11.3 Å². The van der Waals surface area contributed by atoms with Gasteiger partial charge in [0.25, 0.3) is 0 Å². The molecule has 0 aliphatic carbocycles. The lowest BCUT2D eigenvalue weighted by atomic mass is 10.3. The normalized spacial score (nSPS) is 11.9. The highest BCUT2D eigenvalue weighted by Gasteiger charge is 2.07. The lowest BCUT2D eigenvalue weighted by Crippen LogP contribution is -2.28. The molecule has 90 valence electrons. The van der Waals surface area contributed by atoms with E-state index in [1.165, 1.54) is 0 Å². The minimum atomic E-state index is -0.0803. The number of thiophene rings is 1. The van der Waals surface area contributed by atoms with Crippen LogP contribution in [0.5, 0.6) is 0 Å². The molecule has 0 aromatic carbocycles. The largest absolute Gasteiger partial charge is 0.425 e. The van der Waals surface area contributed by atoms with Gasteiger partial charge in [-0.25, -0.2) is 4.98 Å². The fourth-order valence-electron chi connectivity index (χ4n) is 1.26. The summed E-state index contributed by atoms with van der Waals surface area (Å²) in [5.74, 6) is -0.0721. The molecule has 0 bridgehead atoms. The number of nitrogens with two attached hydrogens (primary N) is 3. The second-order valence-electron chi connectivity index (χ2n) is 3.35. The summed E-state index contributed by atoms with van der Waals surface area (Å²) in [6.07, 6.45) is 0. The van der Waals surface area contributed by atoms with Crippen LogP contribution in [0.4, 0.5) is 17.5 Å². The van der Waals surface area contributed by atoms with Gasteiger partial charge in [-0.3, -0.25) is 4.99 Å². The Kier molecular flexibility index (Phi) is 2.88. The zero-order valence-corrected chi connectivity index (χ0v) is 9.68. The van der Waals surface area contributed by atoms with Crippen LogP contribution in [-0.2, 0) is 6.54 Å². The first-order chi connectivity index (χ1) is 8.09. The van der Waals surface area contributed by atoms with Crippen LogP contribution in [0.1, 0.15) is 5.56 Å². The SMILES string of the molecule is Nc1nc(N)c(=NCc2ccsc2)n(O)c1N. The molecule has 0 saturated heterocycles. The number of nitrogen functional groups attached to an aromatic ring is 3. The first-order valence-corrected chi connectivity index (χ1v) is 5.68. The van der Waals surface area contributed by atoms with Gasteiger partial charge >= 0.3 is 0 Å². The highest BCUT2D eigenvalue weighted by atomic mass is 32.1. The molecule has 0 atom stereocenters. The topological polar surface area (TPSA) is 128 Å². The molecule has 0 radical (unpaired) electrons. The molecule has 8 heteroatoms. The fourth-order valence-corrected chi connectivity index (χ4v) is 1.92. The van der Waals surface area contributed by atoms with Crippen LogP contribution in [0.2, 0.25) is 0 Å². The maximum absolute atomic E-state index is 9.69. The number of nitrogens with zero attached hydrogens (tertiary/aromatic N) is 3. The van der Waals surface area contributed by atoms with Crippen LogP contribution in [0.3, 0.4) is 0 Å². The highest BCUT2D eigenvalue weighted by molar-refractivity contribution is 7.07. The maximum Gasteiger partial charge on any atom is 0.208 e. The van der Waals surface area contributed by atoms with Crippen molar-refractivity contribution in [2.45, 2.75) is 6.54 Å². The molecular weight excluding hydrogens is 240 g/mol. The third-order valence-corrected chi connectivity index (χ3v) is 2.88. The van der Waals surface area contributed by atoms with Crippen molar-refractivity contribution in [2.24, 2.45) is 4.99 Å². The van der Waals surface area contributed by atoms with Gasteiger partial charge in [0.2, 0.25) is 5.49 Å². The van der Waals surface area contributed by atoms with Gasteiger partial charge in [0.15, 0.2) is 17.5 Å². The Bertz CT molecular complexity index is 588. The van der Waals surface area contributed by atoms with Gasteiger partial charge in [-0.2, -0.15) is 11.3 Å². The van der Waals surface area contributed by atoms with Crippen LogP contribution < -0.4 is 22.7 Å². The molecule has 2 heterocycles. The summed E-state index contributed by atoms with van der Waals surface area (Å²) in [6, 6.07) is 1.93. The standard InChI is InChI=1S/C9H12N6OS/c10-6-8(12)15(16)9(7(11)14-6)13-3-5-1-2-17-4-5/h1-2,4,16H,3,10,12H2,(H2,11,14). The van der Waals surface area contributed by atoms with Gasteiger partial charge in [0.1, 0.15) is 0 Å². The average Bonchev–Trinajstić information content (AvgIpc) is 2.79. The van der Waals surface area contributed by atoms with E-state index in [2.05, 4.69) is 9.98 Å². The number of anilines is 3. The molecule has 0 amide bonds. The number of hydrogen-bond acceptors (Lipinski definition) is 7. The smallest absolute Gasteiger partial charge is 0.208 e. The molecule has 17 heavy (non-hydrogen) atoms. The minimum Gasteiger partial charge on any atom is -0.425 e. The summed E-state index contributed by atoms with van der Waals surface area (Å²) < 4.78 is 0.643. The monoisotopic (exact) mass is 252 g/mol. The quantitative estimate of drug-likeness (QED) is 0.560. The van der Waals surface area contributed by atoms with Crippen molar-refractivity contribution in [1.82, 2.24) is 9.71 Å². The summed E-state index contributed by atoms with van der Waals surface area (Å²) in [5.41, 5.74) is 17.7. The molecule has 0 saturated carbocycles. The molecule has 0 spiro atoms. The van der Waals surface area contributed by atoms with Gasteiger partial charge in [0.05, 0.1) is 6.54 Å². The van der Waals surface area contributed by atoms with Gasteiger partial charge in [-0.15, -0.1) is 4.73 Å². The molecule has 0 aliphatic rings. The fraction of sp³-hybridized carbons (Fsp3) is 0.111. The number of hydrogen-bond donors (Lipinski definition) is 4. The van der Waals surface area contributed by atoms with Crippen molar-refractivity contribution < 1.29 is 5.21 Å². The zero-order valence-electron chi connectivity index (χ0n) is 8.87. The van der Waals surface area contributed by atoms with E-state index in [4.69, 9.17) is 17.2 Å². The van der Waals surface area contributed by atoms with Crippen LogP contribution in [0, 0.1) is 0 Å². The van der Waals surface area contributed by atoms with E-state index in [0.717, 1.165) is 5.56 Å². The predicted molar refractivity (Wildman–Crippen MR) is 66.2 cm³/mol. The Labute approximate surface area is 101 Å². The van der Waals surface area contributed by atoms with E-state index in [1.54, 1.807) is 11.3 Å². The third-order valence-electron chi connectivity index (χ3n) is 2.15. The first kappa shape index (κ1) is 11.3. The molecule has 0 fully saturated rings. The van der Waals surface area contributed by atoms with E-state index < -0.39 is 0 Å². The molecular formula is C9H12N6OS. The summed E-state index contributed by atoms with van der Waals surface area (Å²) in [7, 11) is 0. The Morgan fingerprint density at radius 2 is 2.12 bits per heavy atom. The van der Waals surface area contributed by atoms with Crippen molar-refractivity contribution in [1.29, 1.82) is 0 Å². The van der Waals surface area contributed by atoms with Crippen LogP contribution in [0.25, 0.3) is 0 Å². The van der Waals surface area contributed by atoms with Crippen molar-refractivity contribution in [3.63, 3.8) is 0 Å². The second-order valence-corrected chi connectivity index (χ2v) is 4.13. The minimum absolute atomic E-state index is 0.0283. The summed E-state index contributed by atoms with van der Waals surface area (Å²) in [5, 5.41) is 13.6. The van der Waals surface area contributed by atoms with Crippen molar-refractivity contribution in [2.75, 3.05) is 17.2 Å². The maximum atomic E-state index is 9.69. The van der Waals surface area contributed by atoms with Gasteiger partial charge in [0, 0.05) is 0 Å². The molecule has 0 unspecified atom stereocenters. The lowest BCUT2D eigenvalue weighted by Gasteiger charge is -2.07. The molecule has 7 N–H and O–H groups in total. The van der Waals surface area contributed by atoms with Gasteiger partial charge in [-0.05, 0) is 22.4 Å². The molecule has 7 nitrogen and oxygen atoms in total. The predicted octanol–water partition coefficient (Wildman–Crippen LogP) is 0.0294. The Morgan fingerprint density at radius 3 is 2.76 bits per heavy atom. The Morgan fingerprint density at radius 1 is 1.35 bits per heavy atom. The zero-order chi connectivity index (χ0) is 12.4.